The molecule has 0 radical (unpaired) electrons. The highest BCUT2D eigenvalue weighted by molar-refractivity contribution is 6.30. The Morgan fingerprint density at radius 2 is 2.41 bits per heavy atom. The van der Waals surface area contributed by atoms with Crippen LogP contribution in [-0.4, -0.2) is 42.4 Å². The van der Waals surface area contributed by atoms with Crippen LogP contribution in [0.5, 0.6) is 0 Å². The Morgan fingerprint density at radius 1 is 1.59 bits per heavy atom. The normalized spacial score (nSPS) is 23.6. The summed E-state index contributed by atoms with van der Waals surface area (Å²) < 4.78 is 5.76. The molecule has 0 aliphatic carbocycles. The van der Waals surface area contributed by atoms with Crippen LogP contribution in [0.1, 0.15) is 18.6 Å². The van der Waals surface area contributed by atoms with E-state index in [1.807, 2.05) is 31.2 Å². The molecule has 1 heterocycles. The van der Waals surface area contributed by atoms with Gasteiger partial charge in [0.05, 0.1) is 19.3 Å². The van der Waals surface area contributed by atoms with Gasteiger partial charge in [-0.1, -0.05) is 23.7 Å². The summed E-state index contributed by atoms with van der Waals surface area (Å²) in [5, 5.41) is 9.92. The van der Waals surface area contributed by atoms with E-state index >= 15 is 0 Å². The summed E-state index contributed by atoms with van der Waals surface area (Å²) >= 11 is 5.98. The Labute approximate surface area is 107 Å². The molecule has 0 aromatic heterocycles. The molecule has 0 amide bonds. The summed E-state index contributed by atoms with van der Waals surface area (Å²) in [7, 11) is 0. The molecular weight excluding hydrogens is 238 g/mol. The van der Waals surface area contributed by atoms with Crippen molar-refractivity contribution in [3.63, 3.8) is 0 Å². The first-order valence-electron chi connectivity index (χ1n) is 5.92. The maximum Gasteiger partial charge on any atom is 0.0953 e. The smallest absolute Gasteiger partial charge is 0.0953 e. The van der Waals surface area contributed by atoms with E-state index in [0.29, 0.717) is 6.61 Å². The average Bonchev–Trinajstić information content (AvgIpc) is 2.38. The summed E-state index contributed by atoms with van der Waals surface area (Å²) in [6.07, 6.45) is 0.0523. The predicted molar refractivity (Wildman–Crippen MR) is 68.3 cm³/mol. The lowest BCUT2D eigenvalue weighted by Crippen LogP contribution is -2.44. The van der Waals surface area contributed by atoms with Crippen LogP contribution in [0.4, 0.5) is 0 Å². The number of rotatable bonds is 3. The molecule has 17 heavy (non-hydrogen) atoms. The molecule has 1 aromatic carbocycles. The van der Waals surface area contributed by atoms with Gasteiger partial charge in [-0.15, -0.1) is 0 Å². The van der Waals surface area contributed by atoms with E-state index in [1.165, 1.54) is 0 Å². The molecule has 2 atom stereocenters. The van der Waals surface area contributed by atoms with Gasteiger partial charge in [0.15, 0.2) is 0 Å². The number of halogens is 1. The number of ether oxygens (including phenoxy) is 1. The number of aliphatic hydroxyl groups is 1. The predicted octanol–water partition coefficient (Wildman–Crippen LogP) is 2.09. The molecule has 1 aliphatic rings. The fourth-order valence-electron chi connectivity index (χ4n) is 2.09. The minimum absolute atomic E-state index is 0.0523. The van der Waals surface area contributed by atoms with Gasteiger partial charge in [0.25, 0.3) is 0 Å². The van der Waals surface area contributed by atoms with Gasteiger partial charge in [-0.3, -0.25) is 4.90 Å². The van der Waals surface area contributed by atoms with Crippen LogP contribution in [0, 0.1) is 0 Å². The van der Waals surface area contributed by atoms with E-state index in [2.05, 4.69) is 4.90 Å². The second-order valence-electron chi connectivity index (χ2n) is 4.44. The lowest BCUT2D eigenvalue weighted by molar-refractivity contribution is -0.0492. The second kappa shape index (κ2) is 5.83. The first-order valence-corrected chi connectivity index (χ1v) is 6.30. The fraction of sp³-hybridized carbons (Fsp3) is 0.538. The van der Waals surface area contributed by atoms with E-state index in [1.54, 1.807) is 0 Å². The maximum atomic E-state index is 9.18. The van der Waals surface area contributed by atoms with Gasteiger partial charge in [-0.2, -0.15) is 0 Å². The largest absolute Gasteiger partial charge is 0.395 e. The molecule has 1 fully saturated rings. The van der Waals surface area contributed by atoms with Crippen molar-refractivity contribution in [1.29, 1.82) is 0 Å². The lowest BCUT2D eigenvalue weighted by Gasteiger charge is -2.36. The Hall–Kier alpha value is -0.610. The van der Waals surface area contributed by atoms with Crippen molar-refractivity contribution in [2.24, 2.45) is 0 Å². The molecule has 4 heteroatoms. The number of morpholine rings is 1. The zero-order valence-electron chi connectivity index (χ0n) is 9.97. The molecule has 0 bridgehead atoms. The highest BCUT2D eigenvalue weighted by Gasteiger charge is 2.24. The Bertz CT molecular complexity index is 372. The first-order chi connectivity index (χ1) is 8.20. The molecular formula is C13H18ClNO2. The first kappa shape index (κ1) is 12.8. The molecule has 2 rings (SSSR count). The molecule has 0 spiro atoms. The molecule has 1 saturated heterocycles. The zero-order chi connectivity index (χ0) is 12.3. The van der Waals surface area contributed by atoms with E-state index < -0.39 is 0 Å². The minimum atomic E-state index is 0.0523. The van der Waals surface area contributed by atoms with Gasteiger partial charge >= 0.3 is 0 Å². The van der Waals surface area contributed by atoms with Gasteiger partial charge in [0.1, 0.15) is 0 Å². The van der Waals surface area contributed by atoms with Crippen molar-refractivity contribution in [2.75, 3.05) is 26.3 Å². The SMILES string of the molecule is C[C@H](CO)N1CCO[C@H](c2cccc(Cl)c2)C1. The average molecular weight is 256 g/mol. The monoisotopic (exact) mass is 255 g/mol. The van der Waals surface area contributed by atoms with Crippen LogP contribution in [-0.2, 0) is 4.74 Å². The third-order valence-corrected chi connectivity index (χ3v) is 3.44. The van der Waals surface area contributed by atoms with Crippen molar-refractivity contribution in [2.45, 2.75) is 19.1 Å². The molecule has 1 aromatic rings. The Kier molecular flexibility index (Phi) is 4.40. The highest BCUT2D eigenvalue weighted by Crippen LogP contribution is 2.25. The number of hydrogen-bond donors (Lipinski definition) is 1. The van der Waals surface area contributed by atoms with Gasteiger partial charge in [0.2, 0.25) is 0 Å². The molecule has 3 nitrogen and oxygen atoms in total. The van der Waals surface area contributed by atoms with Crippen LogP contribution in [0.2, 0.25) is 5.02 Å². The molecule has 1 aliphatic heterocycles. The summed E-state index contributed by atoms with van der Waals surface area (Å²) in [5.41, 5.74) is 1.10. The van der Waals surface area contributed by atoms with Crippen molar-refractivity contribution >= 4 is 11.6 Å². The molecule has 0 saturated carbocycles. The molecule has 94 valence electrons. The highest BCUT2D eigenvalue weighted by atomic mass is 35.5. The molecule has 0 unspecified atom stereocenters. The van der Waals surface area contributed by atoms with Crippen molar-refractivity contribution in [3.8, 4) is 0 Å². The Morgan fingerprint density at radius 3 is 3.12 bits per heavy atom. The Balaban J connectivity index is 2.07. The van der Waals surface area contributed by atoms with Crippen LogP contribution in [0.3, 0.4) is 0 Å². The topological polar surface area (TPSA) is 32.7 Å². The van der Waals surface area contributed by atoms with Crippen LogP contribution in [0.15, 0.2) is 24.3 Å². The summed E-state index contributed by atoms with van der Waals surface area (Å²) in [6.45, 7) is 4.59. The third-order valence-electron chi connectivity index (χ3n) is 3.21. The fourth-order valence-corrected chi connectivity index (χ4v) is 2.29. The van der Waals surface area contributed by atoms with E-state index in [-0.39, 0.29) is 18.8 Å². The minimum Gasteiger partial charge on any atom is -0.395 e. The van der Waals surface area contributed by atoms with Gasteiger partial charge in [-0.25, -0.2) is 0 Å². The number of benzene rings is 1. The van der Waals surface area contributed by atoms with Crippen LogP contribution in [0.25, 0.3) is 0 Å². The number of aliphatic hydroxyl groups excluding tert-OH is 1. The summed E-state index contributed by atoms with van der Waals surface area (Å²) in [5.74, 6) is 0. The van der Waals surface area contributed by atoms with E-state index in [4.69, 9.17) is 16.3 Å². The molecule has 1 N–H and O–H groups in total. The van der Waals surface area contributed by atoms with Crippen LogP contribution >= 0.6 is 11.6 Å². The second-order valence-corrected chi connectivity index (χ2v) is 4.88. The lowest BCUT2D eigenvalue weighted by atomic mass is 10.1. The van der Waals surface area contributed by atoms with E-state index in [0.717, 1.165) is 23.7 Å². The van der Waals surface area contributed by atoms with Gasteiger partial charge in [-0.05, 0) is 24.6 Å². The number of nitrogens with zero attached hydrogens (tertiary/aromatic N) is 1. The van der Waals surface area contributed by atoms with Gasteiger partial charge < -0.3 is 9.84 Å². The van der Waals surface area contributed by atoms with Crippen molar-refractivity contribution in [3.05, 3.63) is 34.9 Å². The summed E-state index contributed by atoms with van der Waals surface area (Å²) in [4.78, 5) is 2.25. The maximum absolute atomic E-state index is 9.18. The van der Waals surface area contributed by atoms with Gasteiger partial charge in [0, 0.05) is 24.2 Å². The van der Waals surface area contributed by atoms with Crippen molar-refractivity contribution in [1.82, 2.24) is 4.90 Å². The standard InChI is InChI=1S/C13H18ClNO2/c1-10(9-16)15-5-6-17-13(8-15)11-3-2-4-12(14)7-11/h2-4,7,10,13,16H,5-6,8-9H2,1H3/t10-,13+/m1/s1. The van der Waals surface area contributed by atoms with Crippen LogP contribution < -0.4 is 0 Å². The third kappa shape index (κ3) is 3.19. The quantitative estimate of drug-likeness (QED) is 0.898. The van der Waals surface area contributed by atoms with Crippen molar-refractivity contribution < 1.29 is 9.84 Å². The zero-order valence-corrected chi connectivity index (χ0v) is 10.7. The summed E-state index contributed by atoms with van der Waals surface area (Å²) in [6, 6.07) is 7.96. The van der Waals surface area contributed by atoms with E-state index in [9.17, 15) is 5.11 Å². The number of hydrogen-bond acceptors (Lipinski definition) is 3.